The zero-order valence-corrected chi connectivity index (χ0v) is 19.3. The standard InChI is InChI=1S/C27H28N2O5/c1-3-4-13-24(25(30)29-14-17(2)22(15-29)26(31)32)28-27(33)34-16-23-20-11-7-5-9-18(20)19-10-6-8-12-21(19)23/h5-12,17,22-24H,13-16H2,1-2H3,(H,28,33)(H,31,32). The van der Waals surface area contributed by atoms with E-state index in [1.807, 2.05) is 43.3 Å². The number of rotatable bonds is 6. The van der Waals surface area contributed by atoms with Crippen LogP contribution in [0.3, 0.4) is 0 Å². The predicted octanol–water partition coefficient (Wildman–Crippen LogP) is 3.49. The Morgan fingerprint density at radius 2 is 1.71 bits per heavy atom. The van der Waals surface area contributed by atoms with Gasteiger partial charge in [0.1, 0.15) is 12.6 Å². The molecule has 1 fully saturated rings. The molecule has 0 saturated carbocycles. The summed E-state index contributed by atoms with van der Waals surface area (Å²) in [6, 6.07) is 15.2. The van der Waals surface area contributed by atoms with Crippen LogP contribution in [0.25, 0.3) is 11.1 Å². The summed E-state index contributed by atoms with van der Waals surface area (Å²) in [6.45, 7) is 4.07. The normalized spacial score (nSPS) is 19.4. The van der Waals surface area contributed by atoms with Crippen molar-refractivity contribution in [1.82, 2.24) is 10.2 Å². The Balaban J connectivity index is 1.42. The van der Waals surface area contributed by atoms with Gasteiger partial charge in [-0.15, -0.1) is 11.8 Å². The van der Waals surface area contributed by atoms with Crippen molar-refractivity contribution in [2.75, 3.05) is 19.7 Å². The molecule has 2 amide bonds. The number of aliphatic carboxylic acids is 1. The van der Waals surface area contributed by atoms with E-state index in [1.165, 1.54) is 4.90 Å². The molecule has 2 aromatic rings. The van der Waals surface area contributed by atoms with Crippen LogP contribution in [0.2, 0.25) is 0 Å². The smallest absolute Gasteiger partial charge is 0.407 e. The summed E-state index contributed by atoms with van der Waals surface area (Å²) >= 11 is 0. The molecule has 0 spiro atoms. The van der Waals surface area contributed by atoms with Crippen molar-refractivity contribution in [3.05, 3.63) is 59.7 Å². The Morgan fingerprint density at radius 1 is 1.09 bits per heavy atom. The molecule has 0 aromatic heterocycles. The van der Waals surface area contributed by atoms with Crippen molar-refractivity contribution in [3.8, 4) is 23.0 Å². The molecule has 0 bridgehead atoms. The largest absolute Gasteiger partial charge is 0.481 e. The van der Waals surface area contributed by atoms with E-state index in [-0.39, 0.29) is 37.3 Å². The zero-order valence-electron chi connectivity index (χ0n) is 19.3. The number of carboxylic acids is 1. The highest BCUT2D eigenvalue weighted by Gasteiger charge is 2.39. The van der Waals surface area contributed by atoms with E-state index < -0.39 is 24.0 Å². The summed E-state index contributed by atoms with van der Waals surface area (Å²) < 4.78 is 5.58. The lowest BCUT2D eigenvalue weighted by Gasteiger charge is -2.23. The molecule has 34 heavy (non-hydrogen) atoms. The van der Waals surface area contributed by atoms with Crippen LogP contribution in [0.5, 0.6) is 0 Å². The number of carbonyl (C=O) groups excluding carboxylic acids is 2. The summed E-state index contributed by atoms with van der Waals surface area (Å²) in [6.07, 6.45) is -0.567. The first kappa shape index (κ1) is 23.4. The van der Waals surface area contributed by atoms with Gasteiger partial charge in [-0.2, -0.15) is 0 Å². The van der Waals surface area contributed by atoms with Crippen LogP contribution in [0.15, 0.2) is 48.5 Å². The number of fused-ring (bicyclic) bond motifs is 3. The Hall–Kier alpha value is -3.79. The minimum absolute atomic E-state index is 0.0847. The summed E-state index contributed by atoms with van der Waals surface area (Å²) in [4.78, 5) is 38.7. The van der Waals surface area contributed by atoms with Crippen LogP contribution < -0.4 is 5.32 Å². The fourth-order valence-corrected chi connectivity index (χ4v) is 4.88. The molecule has 4 rings (SSSR count). The Bertz CT molecular complexity index is 1120. The van der Waals surface area contributed by atoms with Crippen LogP contribution in [0.1, 0.15) is 37.3 Å². The number of alkyl carbamates (subject to hydrolysis) is 1. The van der Waals surface area contributed by atoms with E-state index >= 15 is 0 Å². The lowest BCUT2D eigenvalue weighted by molar-refractivity contribution is -0.142. The van der Waals surface area contributed by atoms with E-state index in [1.54, 1.807) is 6.92 Å². The van der Waals surface area contributed by atoms with Gasteiger partial charge in [-0.05, 0) is 35.1 Å². The van der Waals surface area contributed by atoms with Crippen molar-refractivity contribution >= 4 is 18.0 Å². The lowest BCUT2D eigenvalue weighted by Crippen LogP contribution is -2.48. The van der Waals surface area contributed by atoms with Crippen LogP contribution in [-0.2, 0) is 14.3 Å². The van der Waals surface area contributed by atoms with E-state index in [4.69, 9.17) is 4.74 Å². The monoisotopic (exact) mass is 460 g/mol. The molecule has 1 aliphatic heterocycles. The van der Waals surface area contributed by atoms with Gasteiger partial charge in [-0.1, -0.05) is 55.5 Å². The van der Waals surface area contributed by atoms with Gasteiger partial charge in [0.15, 0.2) is 0 Å². The minimum atomic E-state index is -0.919. The second-order valence-corrected chi connectivity index (χ2v) is 8.82. The molecule has 1 aliphatic carbocycles. The van der Waals surface area contributed by atoms with Crippen LogP contribution in [0, 0.1) is 23.7 Å². The van der Waals surface area contributed by atoms with Crippen molar-refractivity contribution in [2.24, 2.45) is 11.8 Å². The molecule has 1 saturated heterocycles. The van der Waals surface area contributed by atoms with Gasteiger partial charge in [0, 0.05) is 25.4 Å². The fraction of sp³-hybridized carbons (Fsp3) is 0.370. The zero-order chi connectivity index (χ0) is 24.2. The molecule has 2 N–H and O–H groups in total. The third-order valence-electron chi connectivity index (χ3n) is 6.66. The van der Waals surface area contributed by atoms with Crippen molar-refractivity contribution in [3.63, 3.8) is 0 Å². The SMILES string of the molecule is CC#CCC(NC(=O)OCC1c2ccccc2-c2ccccc21)C(=O)N1CC(C)C(C(=O)O)C1. The first-order valence-corrected chi connectivity index (χ1v) is 11.4. The first-order valence-electron chi connectivity index (χ1n) is 11.4. The van der Waals surface area contributed by atoms with Gasteiger partial charge in [-0.3, -0.25) is 9.59 Å². The molecule has 3 atom stereocenters. The molecule has 1 heterocycles. The Morgan fingerprint density at radius 3 is 2.26 bits per heavy atom. The number of benzene rings is 2. The van der Waals surface area contributed by atoms with Crippen molar-refractivity contribution < 1.29 is 24.2 Å². The highest BCUT2D eigenvalue weighted by molar-refractivity contribution is 5.87. The third-order valence-corrected chi connectivity index (χ3v) is 6.66. The number of nitrogens with zero attached hydrogens (tertiary/aromatic N) is 1. The Labute approximate surface area is 199 Å². The van der Waals surface area contributed by atoms with Crippen molar-refractivity contribution in [1.29, 1.82) is 0 Å². The number of hydrogen-bond acceptors (Lipinski definition) is 4. The fourth-order valence-electron chi connectivity index (χ4n) is 4.88. The topological polar surface area (TPSA) is 95.9 Å². The minimum Gasteiger partial charge on any atom is -0.481 e. The van der Waals surface area contributed by atoms with Gasteiger partial charge >= 0.3 is 12.1 Å². The van der Waals surface area contributed by atoms with Crippen LogP contribution >= 0.6 is 0 Å². The molecule has 2 aromatic carbocycles. The molecule has 7 heteroatoms. The van der Waals surface area contributed by atoms with Crippen LogP contribution in [-0.4, -0.2) is 53.7 Å². The van der Waals surface area contributed by atoms with Gasteiger partial charge in [-0.25, -0.2) is 4.79 Å². The van der Waals surface area contributed by atoms with Gasteiger partial charge in [0.25, 0.3) is 0 Å². The highest BCUT2D eigenvalue weighted by atomic mass is 16.5. The number of ether oxygens (including phenoxy) is 1. The molecular formula is C27H28N2O5. The second-order valence-electron chi connectivity index (χ2n) is 8.82. The molecule has 7 nitrogen and oxygen atoms in total. The maximum absolute atomic E-state index is 13.1. The van der Waals surface area contributed by atoms with E-state index in [9.17, 15) is 19.5 Å². The average molecular weight is 461 g/mol. The summed E-state index contributed by atoms with van der Waals surface area (Å²) in [5, 5.41) is 12.0. The third kappa shape index (κ3) is 4.62. The van der Waals surface area contributed by atoms with Crippen LogP contribution in [0.4, 0.5) is 4.79 Å². The van der Waals surface area contributed by atoms with Gasteiger partial charge in [0.05, 0.1) is 5.92 Å². The van der Waals surface area contributed by atoms with Gasteiger partial charge < -0.3 is 20.1 Å². The number of carboxylic acid groups (broad SMARTS) is 1. The summed E-state index contributed by atoms with van der Waals surface area (Å²) in [7, 11) is 0. The molecular weight excluding hydrogens is 432 g/mol. The Kier molecular flexibility index (Phi) is 6.87. The first-order chi connectivity index (χ1) is 16.4. The van der Waals surface area contributed by atoms with Gasteiger partial charge in [0.2, 0.25) is 5.91 Å². The molecule has 3 unspecified atom stereocenters. The van der Waals surface area contributed by atoms with E-state index in [2.05, 4.69) is 29.3 Å². The second kappa shape index (κ2) is 10.0. The quantitative estimate of drug-likeness (QED) is 0.644. The van der Waals surface area contributed by atoms with E-state index in [0.717, 1.165) is 22.3 Å². The van der Waals surface area contributed by atoms with E-state index in [0.29, 0.717) is 6.54 Å². The molecule has 2 aliphatic rings. The molecule has 0 radical (unpaired) electrons. The average Bonchev–Trinajstić information content (AvgIpc) is 3.38. The number of nitrogens with one attached hydrogen (secondary N) is 1. The lowest BCUT2D eigenvalue weighted by atomic mass is 9.98. The molecule has 176 valence electrons. The predicted molar refractivity (Wildman–Crippen MR) is 127 cm³/mol. The number of amides is 2. The summed E-state index contributed by atoms with van der Waals surface area (Å²) in [5.74, 6) is 3.47. The van der Waals surface area contributed by atoms with Crippen molar-refractivity contribution in [2.45, 2.75) is 32.2 Å². The number of carbonyl (C=O) groups is 3. The number of likely N-dealkylation sites (tertiary alicyclic amines) is 1. The maximum atomic E-state index is 13.1. The maximum Gasteiger partial charge on any atom is 0.407 e. The number of hydrogen-bond donors (Lipinski definition) is 2. The summed E-state index contributed by atoms with van der Waals surface area (Å²) in [5.41, 5.74) is 4.47. The highest BCUT2D eigenvalue weighted by Crippen LogP contribution is 2.44.